The van der Waals surface area contributed by atoms with Crippen LogP contribution in [0.25, 0.3) is 10.8 Å². The van der Waals surface area contributed by atoms with E-state index in [1.165, 1.54) is 22.6 Å². The largest absolute Gasteiger partial charge is 0.311 e. The van der Waals surface area contributed by atoms with E-state index in [9.17, 15) is 8.42 Å². The summed E-state index contributed by atoms with van der Waals surface area (Å²) in [6.07, 6.45) is 4.05. The quantitative estimate of drug-likeness (QED) is 0.906. The summed E-state index contributed by atoms with van der Waals surface area (Å²) in [7, 11) is -3.04. The molecule has 1 saturated heterocycles. The van der Waals surface area contributed by atoms with Gasteiger partial charge in [0.1, 0.15) is 0 Å². The number of nitrogens with one attached hydrogen (secondary N) is 1. The Balaban J connectivity index is 1.54. The van der Waals surface area contributed by atoms with E-state index in [4.69, 9.17) is 0 Å². The van der Waals surface area contributed by atoms with Crippen molar-refractivity contribution in [3.8, 4) is 0 Å². The molecule has 0 spiro atoms. The number of benzene rings is 2. The Morgan fingerprint density at radius 2 is 1.79 bits per heavy atom. The Kier molecular flexibility index (Phi) is 5.23. The zero-order valence-corrected chi connectivity index (χ0v) is 15.2. The summed E-state index contributed by atoms with van der Waals surface area (Å²) in [6, 6.07) is 15.8. The smallest absolute Gasteiger partial charge is 0.211 e. The second-order valence-corrected chi connectivity index (χ2v) is 8.87. The van der Waals surface area contributed by atoms with Crippen molar-refractivity contribution in [1.29, 1.82) is 0 Å². The highest BCUT2D eigenvalue weighted by atomic mass is 32.2. The molecule has 3 rings (SSSR count). The summed E-state index contributed by atoms with van der Waals surface area (Å²) in [5, 5.41) is 6.22. The number of fused-ring (bicyclic) bond motifs is 1. The summed E-state index contributed by atoms with van der Waals surface area (Å²) >= 11 is 0. The highest BCUT2D eigenvalue weighted by molar-refractivity contribution is 7.88. The van der Waals surface area contributed by atoms with Crippen molar-refractivity contribution in [3.05, 3.63) is 48.0 Å². The van der Waals surface area contributed by atoms with E-state index in [-0.39, 0.29) is 0 Å². The Bertz CT molecular complexity index is 796. The van der Waals surface area contributed by atoms with E-state index < -0.39 is 10.0 Å². The van der Waals surface area contributed by atoms with Crippen LogP contribution in [-0.2, 0) is 16.4 Å². The molecule has 1 fully saturated rings. The highest BCUT2D eigenvalue weighted by Crippen LogP contribution is 2.18. The van der Waals surface area contributed by atoms with Gasteiger partial charge in [-0.15, -0.1) is 0 Å². The van der Waals surface area contributed by atoms with E-state index >= 15 is 0 Å². The Morgan fingerprint density at radius 1 is 1.12 bits per heavy atom. The molecule has 4 nitrogen and oxygen atoms in total. The Labute approximate surface area is 144 Å². The molecule has 0 unspecified atom stereocenters. The van der Waals surface area contributed by atoms with Crippen LogP contribution in [-0.4, -0.2) is 44.2 Å². The number of nitrogens with zero attached hydrogens (tertiary/aromatic N) is 1. The minimum atomic E-state index is -3.04. The molecule has 0 bridgehead atoms. The number of rotatable bonds is 5. The molecule has 0 aliphatic carbocycles. The first-order valence-electron chi connectivity index (χ1n) is 8.60. The minimum Gasteiger partial charge on any atom is -0.311 e. The maximum atomic E-state index is 11.6. The van der Waals surface area contributed by atoms with Crippen LogP contribution in [0, 0.1) is 0 Å². The Morgan fingerprint density at radius 3 is 2.46 bits per heavy atom. The summed E-state index contributed by atoms with van der Waals surface area (Å²) in [5.41, 5.74) is 1.34. The molecule has 1 heterocycles. The van der Waals surface area contributed by atoms with Gasteiger partial charge in [-0.25, -0.2) is 12.7 Å². The zero-order chi connectivity index (χ0) is 17.2. The van der Waals surface area contributed by atoms with Gasteiger partial charge in [-0.2, -0.15) is 0 Å². The van der Waals surface area contributed by atoms with Crippen LogP contribution in [0.4, 0.5) is 0 Å². The molecule has 1 aliphatic rings. The predicted molar refractivity (Wildman–Crippen MR) is 99.7 cm³/mol. The monoisotopic (exact) mass is 346 g/mol. The molecule has 0 radical (unpaired) electrons. The maximum absolute atomic E-state index is 11.6. The number of piperidine rings is 1. The summed E-state index contributed by atoms with van der Waals surface area (Å²) in [6.45, 7) is 3.45. The molecule has 0 saturated carbocycles. The van der Waals surface area contributed by atoms with Gasteiger partial charge in [0.25, 0.3) is 0 Å². The molecule has 130 valence electrons. The van der Waals surface area contributed by atoms with E-state index in [1.807, 2.05) is 0 Å². The van der Waals surface area contributed by atoms with Crippen molar-refractivity contribution in [2.75, 3.05) is 19.3 Å². The zero-order valence-electron chi connectivity index (χ0n) is 14.4. The van der Waals surface area contributed by atoms with Crippen LogP contribution in [0.3, 0.4) is 0 Å². The second-order valence-electron chi connectivity index (χ2n) is 6.89. The molecular weight excluding hydrogens is 320 g/mol. The third-order valence-electron chi connectivity index (χ3n) is 4.80. The third kappa shape index (κ3) is 4.35. The minimum absolute atomic E-state index is 0.376. The van der Waals surface area contributed by atoms with Gasteiger partial charge in [-0.1, -0.05) is 42.5 Å². The molecule has 0 amide bonds. The average molecular weight is 346 g/mol. The van der Waals surface area contributed by atoms with Crippen LogP contribution in [0.15, 0.2) is 42.5 Å². The van der Waals surface area contributed by atoms with E-state index in [0.717, 1.165) is 19.3 Å². The molecule has 0 aromatic heterocycles. The van der Waals surface area contributed by atoms with Gasteiger partial charge in [0.05, 0.1) is 6.26 Å². The Hall–Kier alpha value is -1.43. The highest BCUT2D eigenvalue weighted by Gasteiger charge is 2.25. The predicted octanol–water partition coefficient (Wildman–Crippen LogP) is 2.78. The molecule has 2 aromatic rings. The van der Waals surface area contributed by atoms with Crippen LogP contribution in [0.5, 0.6) is 0 Å². The number of hydrogen-bond acceptors (Lipinski definition) is 3. The van der Waals surface area contributed by atoms with Crippen LogP contribution < -0.4 is 5.32 Å². The summed E-state index contributed by atoms with van der Waals surface area (Å²) in [4.78, 5) is 0. The van der Waals surface area contributed by atoms with Crippen molar-refractivity contribution < 1.29 is 8.42 Å². The second kappa shape index (κ2) is 7.21. The van der Waals surface area contributed by atoms with Crippen molar-refractivity contribution in [1.82, 2.24) is 9.62 Å². The fraction of sp³-hybridized carbons (Fsp3) is 0.474. The topological polar surface area (TPSA) is 49.4 Å². The van der Waals surface area contributed by atoms with Gasteiger partial charge in [-0.3, -0.25) is 0 Å². The lowest BCUT2D eigenvalue weighted by molar-refractivity contribution is 0.277. The fourth-order valence-corrected chi connectivity index (χ4v) is 4.41. The van der Waals surface area contributed by atoms with E-state index in [0.29, 0.717) is 25.2 Å². The summed E-state index contributed by atoms with van der Waals surface area (Å²) in [5.74, 6) is 0. The van der Waals surface area contributed by atoms with Gasteiger partial charge in [-0.05, 0) is 42.5 Å². The van der Waals surface area contributed by atoms with Crippen LogP contribution in [0.1, 0.15) is 25.3 Å². The lowest BCUT2D eigenvalue weighted by Gasteiger charge is -2.32. The van der Waals surface area contributed by atoms with Gasteiger partial charge in [0, 0.05) is 25.2 Å². The van der Waals surface area contributed by atoms with Gasteiger partial charge >= 0.3 is 0 Å². The average Bonchev–Trinajstić information content (AvgIpc) is 2.54. The van der Waals surface area contributed by atoms with Gasteiger partial charge < -0.3 is 5.32 Å². The normalized spacial score (nSPS) is 18.8. The van der Waals surface area contributed by atoms with Crippen molar-refractivity contribution in [3.63, 3.8) is 0 Å². The van der Waals surface area contributed by atoms with Crippen LogP contribution in [0.2, 0.25) is 0 Å². The van der Waals surface area contributed by atoms with Crippen molar-refractivity contribution in [2.45, 2.75) is 38.3 Å². The van der Waals surface area contributed by atoms with Gasteiger partial charge in [0.2, 0.25) is 10.0 Å². The molecule has 24 heavy (non-hydrogen) atoms. The standard InChI is InChI=1S/C19H26N2O2S/c1-15(20-19-9-11-21(12-10-19)24(2,22)23)13-16-7-8-17-5-3-4-6-18(17)14-16/h3-8,14-15,19-20H,9-13H2,1-2H3/t15-/m0/s1. The van der Waals surface area contributed by atoms with E-state index in [2.05, 4.69) is 54.7 Å². The molecule has 2 aromatic carbocycles. The third-order valence-corrected chi connectivity index (χ3v) is 6.10. The molecule has 5 heteroatoms. The first-order chi connectivity index (χ1) is 11.4. The molecule has 1 atom stereocenters. The maximum Gasteiger partial charge on any atom is 0.211 e. The van der Waals surface area contributed by atoms with Crippen molar-refractivity contribution >= 4 is 20.8 Å². The lowest BCUT2D eigenvalue weighted by Crippen LogP contribution is -2.47. The fourth-order valence-electron chi connectivity index (χ4n) is 3.53. The van der Waals surface area contributed by atoms with Gasteiger partial charge in [0.15, 0.2) is 0 Å². The molecule has 1 N–H and O–H groups in total. The lowest BCUT2D eigenvalue weighted by atomic mass is 10.0. The number of hydrogen-bond donors (Lipinski definition) is 1. The van der Waals surface area contributed by atoms with E-state index in [1.54, 1.807) is 4.31 Å². The SMILES string of the molecule is C[C@@H](Cc1ccc2ccccc2c1)NC1CCN(S(C)(=O)=O)CC1. The number of sulfonamides is 1. The van der Waals surface area contributed by atoms with Crippen LogP contribution >= 0.6 is 0 Å². The first kappa shape index (κ1) is 17.4. The molecular formula is C19H26N2O2S. The summed E-state index contributed by atoms with van der Waals surface area (Å²) < 4.78 is 24.7. The van der Waals surface area contributed by atoms with Crippen molar-refractivity contribution in [2.24, 2.45) is 0 Å². The molecule has 1 aliphatic heterocycles. The first-order valence-corrected chi connectivity index (χ1v) is 10.5.